The highest BCUT2D eigenvalue weighted by atomic mass is 28.4. The minimum Gasteiger partial charge on any atom is -0.405 e. The zero-order valence-electron chi connectivity index (χ0n) is 30.1. The van der Waals surface area contributed by atoms with Crippen molar-refractivity contribution in [1.29, 1.82) is 0 Å². The molecule has 0 radical (unpaired) electrons. The van der Waals surface area contributed by atoms with E-state index in [1.165, 1.54) is 10.4 Å². The lowest BCUT2D eigenvalue weighted by molar-refractivity contribution is -0.320. The molecule has 1 saturated heterocycles. The maximum absolute atomic E-state index is 7.44. The van der Waals surface area contributed by atoms with E-state index in [1.807, 2.05) is 54.6 Å². The lowest BCUT2D eigenvalue weighted by Gasteiger charge is -2.48. The average Bonchev–Trinajstić information content (AvgIpc) is 3.17. The van der Waals surface area contributed by atoms with E-state index in [-0.39, 0.29) is 11.6 Å². The van der Waals surface area contributed by atoms with Gasteiger partial charge in [0, 0.05) is 7.11 Å². The van der Waals surface area contributed by atoms with E-state index in [0.717, 1.165) is 16.7 Å². The van der Waals surface area contributed by atoms with Gasteiger partial charge in [0.05, 0.1) is 26.4 Å². The number of hydrogen-bond acceptors (Lipinski definition) is 6. The number of rotatable bonds is 15. The molecule has 0 bridgehead atoms. The van der Waals surface area contributed by atoms with Gasteiger partial charge in [0.1, 0.15) is 24.4 Å². The van der Waals surface area contributed by atoms with Crippen molar-refractivity contribution >= 4 is 18.7 Å². The van der Waals surface area contributed by atoms with Crippen LogP contribution in [0.2, 0.25) is 5.04 Å². The van der Waals surface area contributed by atoms with Crippen molar-refractivity contribution in [2.45, 2.75) is 76.3 Å². The highest BCUT2D eigenvalue weighted by molar-refractivity contribution is 6.99. The summed E-state index contributed by atoms with van der Waals surface area (Å²) in [5, 5.41) is 2.19. The summed E-state index contributed by atoms with van der Waals surface area (Å²) in [6.45, 7) is 8.22. The van der Waals surface area contributed by atoms with Gasteiger partial charge in [0.25, 0.3) is 8.32 Å². The van der Waals surface area contributed by atoms with Gasteiger partial charge < -0.3 is 28.1 Å². The fourth-order valence-electron chi connectivity index (χ4n) is 7.04. The van der Waals surface area contributed by atoms with Gasteiger partial charge in [-0.05, 0) is 32.1 Å². The summed E-state index contributed by atoms with van der Waals surface area (Å²) in [4.78, 5) is 0. The molecule has 0 unspecified atom stereocenters. The quantitative estimate of drug-likeness (QED) is 0.104. The normalized spacial score (nSPS) is 21.0. The predicted molar refractivity (Wildman–Crippen MR) is 204 cm³/mol. The second-order valence-corrected chi connectivity index (χ2v) is 18.3. The zero-order valence-corrected chi connectivity index (χ0v) is 31.1. The van der Waals surface area contributed by atoms with Crippen molar-refractivity contribution in [3.05, 3.63) is 168 Å². The molecule has 1 heterocycles. The molecule has 51 heavy (non-hydrogen) atoms. The maximum Gasteiger partial charge on any atom is 0.261 e. The highest BCUT2D eigenvalue weighted by Gasteiger charge is 2.53. The number of ether oxygens (including phenoxy) is 5. The fourth-order valence-corrected chi connectivity index (χ4v) is 11.6. The first-order chi connectivity index (χ1) is 24.9. The molecule has 0 aliphatic carbocycles. The van der Waals surface area contributed by atoms with E-state index in [2.05, 4.69) is 118 Å². The zero-order chi connectivity index (χ0) is 35.5. The molecule has 0 saturated carbocycles. The van der Waals surface area contributed by atoms with Crippen molar-refractivity contribution < 1.29 is 28.1 Å². The Hall–Kier alpha value is -3.92. The Bertz CT molecular complexity index is 1680. The Balaban J connectivity index is 1.38. The van der Waals surface area contributed by atoms with Crippen molar-refractivity contribution in [3.8, 4) is 0 Å². The lowest BCUT2D eigenvalue weighted by Crippen LogP contribution is -2.68. The van der Waals surface area contributed by atoms with Crippen LogP contribution in [0.4, 0.5) is 0 Å². The molecule has 1 fully saturated rings. The lowest BCUT2D eigenvalue weighted by atomic mass is 9.98. The molecule has 1 aliphatic heterocycles. The van der Waals surface area contributed by atoms with Crippen LogP contribution in [0.3, 0.4) is 0 Å². The molecular weight excluding hydrogens is 653 g/mol. The van der Waals surface area contributed by atoms with Gasteiger partial charge in [-0.25, -0.2) is 0 Å². The van der Waals surface area contributed by atoms with Gasteiger partial charge in [-0.15, -0.1) is 0 Å². The Morgan fingerprint density at radius 3 is 1.27 bits per heavy atom. The van der Waals surface area contributed by atoms with Gasteiger partial charge in [-0.1, -0.05) is 172 Å². The summed E-state index contributed by atoms with van der Waals surface area (Å²) >= 11 is 0. The molecule has 0 spiro atoms. The third-order valence-corrected chi connectivity index (χ3v) is 14.6. The number of methoxy groups -OCH3 is 1. The minimum atomic E-state index is -2.90. The summed E-state index contributed by atoms with van der Waals surface area (Å²) in [7, 11) is -1.24. The summed E-state index contributed by atoms with van der Waals surface area (Å²) in [6, 6.07) is 51.8. The standard InChI is InChI=1S/C44H50O6Si/c1-44(2,3)51(37-26-16-8-17-27-37,38-28-18-9-19-29-38)49-33-39-40(46-30-34-20-10-5-11-21-34)41(47-31-35-22-12-6-13-23-35)42(43(45-4)50-39)48-32-36-24-14-7-15-25-36/h5-29,39-43H,30-33H2,1-4H3/t39-,40-,41+,42-,43-/m1/s1. The molecule has 7 heteroatoms. The predicted octanol–water partition coefficient (Wildman–Crippen LogP) is 7.69. The van der Waals surface area contributed by atoms with Crippen LogP contribution in [-0.4, -0.2) is 52.7 Å². The first kappa shape index (κ1) is 36.9. The molecular formula is C44H50O6Si. The van der Waals surface area contributed by atoms with Crippen molar-refractivity contribution in [2.24, 2.45) is 0 Å². The monoisotopic (exact) mass is 702 g/mol. The van der Waals surface area contributed by atoms with E-state index in [9.17, 15) is 0 Å². The first-order valence-corrected chi connectivity index (χ1v) is 19.7. The summed E-state index contributed by atoms with van der Waals surface area (Å²) < 4.78 is 40.7. The van der Waals surface area contributed by atoms with Gasteiger partial charge in [0.2, 0.25) is 0 Å². The van der Waals surface area contributed by atoms with Crippen molar-refractivity contribution in [3.63, 3.8) is 0 Å². The third kappa shape index (κ3) is 8.94. The van der Waals surface area contributed by atoms with Gasteiger partial charge in [0.15, 0.2) is 6.29 Å². The van der Waals surface area contributed by atoms with Crippen LogP contribution in [0.1, 0.15) is 37.5 Å². The topological polar surface area (TPSA) is 55.4 Å². The van der Waals surface area contributed by atoms with E-state index in [0.29, 0.717) is 19.8 Å². The molecule has 6 nitrogen and oxygen atoms in total. The molecule has 0 aromatic heterocycles. The van der Waals surface area contributed by atoms with Crippen LogP contribution in [0.25, 0.3) is 0 Å². The Morgan fingerprint density at radius 2 is 0.882 bits per heavy atom. The van der Waals surface area contributed by atoms with E-state index in [4.69, 9.17) is 28.1 Å². The Morgan fingerprint density at radius 1 is 0.510 bits per heavy atom. The Kier molecular flexibility index (Phi) is 12.7. The molecule has 0 amide bonds. The summed E-state index contributed by atoms with van der Waals surface area (Å²) in [5.41, 5.74) is 3.16. The fraction of sp³-hybridized carbons (Fsp3) is 0.318. The van der Waals surface area contributed by atoms with E-state index >= 15 is 0 Å². The molecule has 266 valence electrons. The van der Waals surface area contributed by atoms with Gasteiger partial charge in [-0.2, -0.15) is 0 Å². The molecule has 5 atom stereocenters. The minimum absolute atomic E-state index is 0.212. The Labute approximate surface area is 304 Å². The largest absolute Gasteiger partial charge is 0.405 e. The third-order valence-electron chi connectivity index (χ3n) is 9.56. The first-order valence-electron chi connectivity index (χ1n) is 17.8. The highest BCUT2D eigenvalue weighted by Crippen LogP contribution is 2.38. The van der Waals surface area contributed by atoms with E-state index < -0.39 is 39.0 Å². The second kappa shape index (κ2) is 17.5. The average molecular weight is 703 g/mol. The summed E-state index contributed by atoms with van der Waals surface area (Å²) in [6.07, 6.45) is -2.91. The van der Waals surface area contributed by atoms with Gasteiger partial charge >= 0.3 is 0 Å². The van der Waals surface area contributed by atoms with E-state index in [1.54, 1.807) is 7.11 Å². The van der Waals surface area contributed by atoms with Crippen LogP contribution in [0, 0.1) is 0 Å². The number of hydrogen-bond donors (Lipinski definition) is 0. The maximum atomic E-state index is 7.44. The van der Waals surface area contributed by atoms with Crippen LogP contribution in [0.15, 0.2) is 152 Å². The molecule has 6 rings (SSSR count). The molecule has 5 aromatic rings. The van der Waals surface area contributed by atoms with Crippen LogP contribution >= 0.6 is 0 Å². The SMILES string of the molecule is CO[C@@H]1O[C@H](CO[Si](c2ccccc2)(c2ccccc2)C(C)(C)C)[C@@H](OCc2ccccc2)[C@H](OCc2ccccc2)[C@H]1OCc1ccccc1. The second-order valence-electron chi connectivity index (χ2n) is 14.0. The number of benzene rings is 5. The van der Waals surface area contributed by atoms with Crippen molar-refractivity contribution in [1.82, 2.24) is 0 Å². The summed E-state index contributed by atoms with van der Waals surface area (Å²) in [5.74, 6) is 0. The van der Waals surface area contributed by atoms with Crippen LogP contribution in [-0.2, 0) is 47.9 Å². The molecule has 5 aromatic carbocycles. The van der Waals surface area contributed by atoms with Gasteiger partial charge in [-0.3, -0.25) is 0 Å². The smallest absolute Gasteiger partial charge is 0.261 e. The van der Waals surface area contributed by atoms with Crippen molar-refractivity contribution in [2.75, 3.05) is 13.7 Å². The molecule has 1 aliphatic rings. The van der Waals surface area contributed by atoms with Crippen LogP contribution in [0.5, 0.6) is 0 Å². The molecule has 0 N–H and O–H groups in total. The van der Waals surface area contributed by atoms with Crippen LogP contribution < -0.4 is 10.4 Å².